The third kappa shape index (κ3) is 6.99. The first-order valence-electron chi connectivity index (χ1n) is 9.57. The zero-order chi connectivity index (χ0) is 20.9. The van der Waals surface area contributed by atoms with Crippen LogP contribution in [-0.4, -0.2) is 12.6 Å². The number of rotatable bonds is 8. The zero-order valence-corrected chi connectivity index (χ0v) is 18.5. The maximum absolute atomic E-state index is 13.2. The lowest BCUT2D eigenvalue weighted by molar-refractivity contribution is -0.737. The summed E-state index contributed by atoms with van der Waals surface area (Å²) in [6, 6.07) is 10.3. The molecular formula is C23H32ClFNO2+. The Morgan fingerprint density at radius 2 is 1.71 bits per heavy atom. The Morgan fingerprint density at radius 3 is 2.32 bits per heavy atom. The Morgan fingerprint density at radius 1 is 1.00 bits per heavy atom. The maximum atomic E-state index is 13.2. The number of hydrogen-bond donors (Lipinski definition) is 1. The average molecular weight is 409 g/mol. The van der Waals surface area contributed by atoms with Crippen molar-refractivity contribution >= 4 is 11.6 Å². The molecule has 5 heteroatoms. The third-order valence-electron chi connectivity index (χ3n) is 4.50. The molecule has 0 aliphatic carbocycles. The molecule has 0 aromatic heterocycles. The van der Waals surface area contributed by atoms with Gasteiger partial charge in [-0.3, -0.25) is 0 Å². The molecule has 0 bridgehead atoms. The molecule has 0 amide bonds. The molecular weight excluding hydrogens is 377 g/mol. The van der Waals surface area contributed by atoms with Crippen LogP contribution in [0.5, 0.6) is 11.5 Å². The molecule has 2 N–H and O–H groups in total. The Kier molecular flexibility index (Phi) is 7.35. The molecule has 0 radical (unpaired) electrons. The highest BCUT2D eigenvalue weighted by Crippen LogP contribution is 2.30. The fourth-order valence-electron chi connectivity index (χ4n) is 3.59. The molecule has 0 fully saturated rings. The summed E-state index contributed by atoms with van der Waals surface area (Å²) in [5, 5.41) is 2.72. The SMILES string of the molecule is COc1cc(C[NH2+]C(C)(C)CC(C)(C)C)ccc1OCc1ccc(F)cc1Cl. The lowest BCUT2D eigenvalue weighted by Crippen LogP contribution is -2.94. The minimum atomic E-state index is -0.360. The van der Waals surface area contributed by atoms with Gasteiger partial charge >= 0.3 is 0 Å². The highest BCUT2D eigenvalue weighted by atomic mass is 35.5. The van der Waals surface area contributed by atoms with Gasteiger partial charge in [0.2, 0.25) is 0 Å². The van der Waals surface area contributed by atoms with Crippen molar-refractivity contribution < 1.29 is 19.2 Å². The van der Waals surface area contributed by atoms with Crippen molar-refractivity contribution in [2.75, 3.05) is 7.11 Å². The van der Waals surface area contributed by atoms with Crippen LogP contribution in [0.15, 0.2) is 36.4 Å². The van der Waals surface area contributed by atoms with Crippen molar-refractivity contribution in [3.05, 3.63) is 58.4 Å². The number of benzene rings is 2. The quantitative estimate of drug-likeness (QED) is 0.639. The molecule has 0 atom stereocenters. The number of methoxy groups -OCH3 is 1. The van der Waals surface area contributed by atoms with E-state index in [1.54, 1.807) is 13.2 Å². The van der Waals surface area contributed by atoms with E-state index in [4.69, 9.17) is 21.1 Å². The van der Waals surface area contributed by atoms with E-state index in [9.17, 15) is 4.39 Å². The number of halogens is 2. The second kappa shape index (κ2) is 9.15. The van der Waals surface area contributed by atoms with Crippen molar-refractivity contribution in [3.63, 3.8) is 0 Å². The normalized spacial score (nSPS) is 12.1. The van der Waals surface area contributed by atoms with Gasteiger partial charge in [0.1, 0.15) is 19.0 Å². The molecule has 0 heterocycles. The van der Waals surface area contributed by atoms with Gasteiger partial charge < -0.3 is 14.8 Å². The highest BCUT2D eigenvalue weighted by molar-refractivity contribution is 6.31. The van der Waals surface area contributed by atoms with Gasteiger partial charge in [0.25, 0.3) is 0 Å². The molecule has 0 aliphatic heterocycles. The Hall–Kier alpha value is -1.78. The van der Waals surface area contributed by atoms with Gasteiger partial charge in [0, 0.05) is 17.5 Å². The van der Waals surface area contributed by atoms with E-state index >= 15 is 0 Å². The van der Waals surface area contributed by atoms with Gasteiger partial charge in [-0.1, -0.05) is 38.4 Å². The maximum Gasteiger partial charge on any atom is 0.161 e. The van der Waals surface area contributed by atoms with E-state index in [0.717, 1.165) is 18.5 Å². The zero-order valence-electron chi connectivity index (χ0n) is 17.7. The van der Waals surface area contributed by atoms with Crippen LogP contribution < -0.4 is 14.8 Å². The summed E-state index contributed by atoms with van der Waals surface area (Å²) in [6.07, 6.45) is 1.12. The molecule has 2 aromatic rings. The van der Waals surface area contributed by atoms with Crippen LogP contribution in [0.4, 0.5) is 4.39 Å². The fourth-order valence-corrected chi connectivity index (χ4v) is 3.81. The summed E-state index contributed by atoms with van der Waals surface area (Å²) >= 11 is 6.07. The molecule has 0 aliphatic rings. The monoisotopic (exact) mass is 408 g/mol. The van der Waals surface area contributed by atoms with E-state index < -0.39 is 0 Å². The number of hydrogen-bond acceptors (Lipinski definition) is 2. The molecule has 154 valence electrons. The standard InChI is InChI=1S/C23H31ClFNO2/c1-22(2,3)15-23(4,5)26-13-16-7-10-20(21(11-16)27-6)28-14-17-8-9-18(25)12-19(17)24/h7-12,26H,13-15H2,1-6H3/p+1. The molecule has 28 heavy (non-hydrogen) atoms. The van der Waals surface area contributed by atoms with Gasteiger partial charge in [-0.05, 0) is 49.6 Å². The van der Waals surface area contributed by atoms with Crippen molar-refractivity contribution in [3.8, 4) is 11.5 Å². The highest BCUT2D eigenvalue weighted by Gasteiger charge is 2.28. The molecule has 0 spiro atoms. The van der Waals surface area contributed by atoms with Crippen LogP contribution in [0, 0.1) is 11.2 Å². The third-order valence-corrected chi connectivity index (χ3v) is 4.85. The van der Waals surface area contributed by atoms with E-state index in [-0.39, 0.29) is 23.4 Å². The van der Waals surface area contributed by atoms with Gasteiger partial charge in [0.05, 0.1) is 17.7 Å². The van der Waals surface area contributed by atoms with E-state index in [1.165, 1.54) is 17.7 Å². The molecule has 0 unspecified atom stereocenters. The van der Waals surface area contributed by atoms with Crippen LogP contribution in [0.3, 0.4) is 0 Å². The number of nitrogens with two attached hydrogens (primary N) is 1. The minimum Gasteiger partial charge on any atom is -0.493 e. The predicted molar refractivity (Wildman–Crippen MR) is 113 cm³/mol. The van der Waals surface area contributed by atoms with Gasteiger partial charge in [0.15, 0.2) is 11.5 Å². The van der Waals surface area contributed by atoms with Gasteiger partial charge in [-0.25, -0.2) is 4.39 Å². The van der Waals surface area contributed by atoms with Gasteiger partial charge in [-0.15, -0.1) is 0 Å². The Balaban J connectivity index is 2.03. The van der Waals surface area contributed by atoms with Gasteiger partial charge in [-0.2, -0.15) is 0 Å². The van der Waals surface area contributed by atoms with Crippen molar-refractivity contribution in [1.82, 2.24) is 0 Å². The van der Waals surface area contributed by atoms with E-state index in [2.05, 4.69) is 39.9 Å². The number of quaternary nitrogens is 1. The summed E-state index contributed by atoms with van der Waals surface area (Å²) in [4.78, 5) is 0. The molecule has 0 saturated carbocycles. The first kappa shape index (κ1) is 22.5. The first-order valence-corrected chi connectivity index (χ1v) is 9.95. The largest absolute Gasteiger partial charge is 0.493 e. The van der Waals surface area contributed by atoms with Crippen molar-refractivity contribution in [2.45, 2.75) is 59.7 Å². The lowest BCUT2D eigenvalue weighted by Gasteiger charge is -2.30. The summed E-state index contributed by atoms with van der Waals surface area (Å²) in [5.74, 6) is 0.958. The van der Waals surface area contributed by atoms with Crippen LogP contribution in [0.1, 0.15) is 52.2 Å². The Bertz CT molecular complexity index is 800. The molecule has 2 aromatic carbocycles. The van der Waals surface area contributed by atoms with E-state index in [1.807, 2.05) is 18.2 Å². The van der Waals surface area contributed by atoms with Crippen molar-refractivity contribution in [1.29, 1.82) is 0 Å². The Labute approximate surface area is 173 Å². The second-order valence-corrected chi connectivity index (χ2v) is 9.55. The summed E-state index contributed by atoms with van der Waals surface area (Å²) in [5.41, 5.74) is 2.34. The predicted octanol–water partition coefficient (Wildman–Crippen LogP) is 5.34. The van der Waals surface area contributed by atoms with Crippen molar-refractivity contribution in [2.24, 2.45) is 5.41 Å². The topological polar surface area (TPSA) is 35.1 Å². The molecule has 3 nitrogen and oxygen atoms in total. The molecule has 2 rings (SSSR count). The first-order chi connectivity index (χ1) is 13.0. The average Bonchev–Trinajstić information content (AvgIpc) is 2.57. The minimum absolute atomic E-state index is 0.153. The lowest BCUT2D eigenvalue weighted by atomic mass is 9.82. The van der Waals surface area contributed by atoms with Crippen LogP contribution in [0.2, 0.25) is 5.02 Å². The molecule has 0 saturated heterocycles. The summed E-state index contributed by atoms with van der Waals surface area (Å²) in [6.45, 7) is 12.5. The fraction of sp³-hybridized carbons (Fsp3) is 0.478. The van der Waals surface area contributed by atoms with E-state index in [0.29, 0.717) is 16.5 Å². The summed E-state index contributed by atoms with van der Waals surface area (Å²) in [7, 11) is 1.63. The second-order valence-electron chi connectivity index (χ2n) is 9.14. The van der Waals surface area contributed by atoms with Crippen LogP contribution in [-0.2, 0) is 13.2 Å². The van der Waals surface area contributed by atoms with Crippen LogP contribution >= 0.6 is 11.6 Å². The smallest absolute Gasteiger partial charge is 0.161 e. The van der Waals surface area contributed by atoms with Crippen LogP contribution in [0.25, 0.3) is 0 Å². The number of ether oxygens (including phenoxy) is 2. The summed E-state index contributed by atoms with van der Waals surface area (Å²) < 4.78 is 24.5.